The van der Waals surface area contributed by atoms with E-state index in [4.69, 9.17) is 0 Å². The molecule has 0 saturated carbocycles. The van der Waals surface area contributed by atoms with Crippen molar-refractivity contribution in [1.82, 2.24) is 0 Å². The van der Waals surface area contributed by atoms with Gasteiger partial charge in [0.25, 0.3) is 0 Å². The largest absolute Gasteiger partial charge is 0.0883 e. The Kier molecular flexibility index (Phi) is 6.20. The molecule has 14 heavy (non-hydrogen) atoms. The molecule has 0 aliphatic carbocycles. The molecule has 0 bridgehead atoms. The van der Waals surface area contributed by atoms with Crippen LogP contribution in [0, 0.1) is 0 Å². The molecule has 0 aliphatic rings. The Labute approximate surface area is 103 Å². The van der Waals surface area contributed by atoms with Crippen LogP contribution >= 0.6 is 31.9 Å². The molecular formula is C12H14Br2. The van der Waals surface area contributed by atoms with Gasteiger partial charge in [-0.25, -0.2) is 0 Å². The summed E-state index contributed by atoms with van der Waals surface area (Å²) < 4.78 is 0. The minimum Gasteiger partial charge on any atom is -0.0883 e. The van der Waals surface area contributed by atoms with Crippen LogP contribution in [-0.4, -0.2) is 10.7 Å². The summed E-state index contributed by atoms with van der Waals surface area (Å²) in [5.41, 5.74) is 2.87. The lowest BCUT2D eigenvalue weighted by Gasteiger charge is -2.03. The Hall–Kier alpha value is -0.0800. The summed E-state index contributed by atoms with van der Waals surface area (Å²) in [5, 5.41) is 1.92. The molecule has 1 rings (SSSR count). The van der Waals surface area contributed by atoms with Crippen LogP contribution in [0.4, 0.5) is 0 Å². The Balaban J connectivity index is 2.44. The van der Waals surface area contributed by atoms with Crippen molar-refractivity contribution in [3.8, 4) is 0 Å². The molecule has 0 N–H and O–H groups in total. The van der Waals surface area contributed by atoms with Crippen molar-refractivity contribution < 1.29 is 0 Å². The third-order valence-electron chi connectivity index (χ3n) is 2.12. The van der Waals surface area contributed by atoms with Crippen LogP contribution in [0.15, 0.2) is 42.0 Å². The molecule has 0 fully saturated rings. The van der Waals surface area contributed by atoms with Gasteiger partial charge in [0.2, 0.25) is 0 Å². The molecule has 2 heteroatoms. The van der Waals surface area contributed by atoms with Crippen LogP contribution in [0.5, 0.6) is 0 Å². The maximum atomic E-state index is 3.50. The Bertz CT molecular complexity index is 278. The molecule has 0 saturated heterocycles. The normalized spacial score (nSPS) is 11.7. The second-order valence-corrected chi connectivity index (χ2v) is 4.34. The summed E-state index contributed by atoms with van der Waals surface area (Å²) in [4.78, 5) is 0. The topological polar surface area (TPSA) is 0 Å². The summed E-state index contributed by atoms with van der Waals surface area (Å²) in [6, 6.07) is 10.6. The summed E-state index contributed by atoms with van der Waals surface area (Å²) in [5.74, 6) is 0. The number of benzene rings is 1. The summed E-state index contributed by atoms with van der Waals surface area (Å²) in [7, 11) is 0. The minimum absolute atomic E-state index is 0.947. The van der Waals surface area contributed by atoms with Gasteiger partial charge in [0, 0.05) is 10.7 Å². The van der Waals surface area contributed by atoms with Crippen molar-refractivity contribution in [1.29, 1.82) is 0 Å². The molecule has 0 aromatic heterocycles. The quantitative estimate of drug-likeness (QED) is 0.560. The molecular weight excluding hydrogens is 304 g/mol. The zero-order valence-corrected chi connectivity index (χ0v) is 11.2. The number of hydrogen-bond donors (Lipinski definition) is 0. The van der Waals surface area contributed by atoms with Crippen molar-refractivity contribution in [2.45, 2.75) is 12.8 Å². The maximum absolute atomic E-state index is 3.50. The van der Waals surface area contributed by atoms with Gasteiger partial charge in [-0.15, -0.1) is 0 Å². The van der Waals surface area contributed by atoms with E-state index in [9.17, 15) is 0 Å². The number of alkyl halides is 2. The molecule has 0 aliphatic heterocycles. The molecule has 0 amide bonds. The van der Waals surface area contributed by atoms with E-state index >= 15 is 0 Å². The fourth-order valence-corrected chi connectivity index (χ4v) is 2.25. The summed E-state index contributed by atoms with van der Waals surface area (Å²) in [6.07, 6.45) is 4.50. The lowest BCUT2D eigenvalue weighted by molar-refractivity contribution is 0.945. The van der Waals surface area contributed by atoms with E-state index in [0.29, 0.717) is 0 Å². The molecule has 0 heterocycles. The second kappa shape index (κ2) is 7.24. The van der Waals surface area contributed by atoms with Gasteiger partial charge >= 0.3 is 0 Å². The van der Waals surface area contributed by atoms with Gasteiger partial charge in [0.05, 0.1) is 0 Å². The highest BCUT2D eigenvalue weighted by molar-refractivity contribution is 9.09. The number of halogens is 2. The van der Waals surface area contributed by atoms with E-state index in [-0.39, 0.29) is 0 Å². The number of hydrogen-bond acceptors (Lipinski definition) is 0. The summed E-state index contributed by atoms with van der Waals surface area (Å²) in [6.45, 7) is 0. The first kappa shape index (κ1) is 12.0. The first-order valence-electron chi connectivity index (χ1n) is 4.70. The van der Waals surface area contributed by atoms with Crippen LogP contribution in [0.1, 0.15) is 12.0 Å². The number of aryl methyl sites for hydroxylation is 1. The van der Waals surface area contributed by atoms with Gasteiger partial charge < -0.3 is 0 Å². The highest BCUT2D eigenvalue weighted by Crippen LogP contribution is 2.11. The van der Waals surface area contributed by atoms with E-state index in [2.05, 4.69) is 68.3 Å². The van der Waals surface area contributed by atoms with Crippen LogP contribution in [-0.2, 0) is 6.42 Å². The van der Waals surface area contributed by atoms with Crippen molar-refractivity contribution in [2.24, 2.45) is 0 Å². The number of rotatable bonds is 5. The molecule has 1 aromatic rings. The van der Waals surface area contributed by atoms with E-state index in [1.54, 1.807) is 0 Å². The molecule has 0 atom stereocenters. The van der Waals surface area contributed by atoms with Crippen LogP contribution in [0.25, 0.3) is 0 Å². The molecule has 0 radical (unpaired) electrons. The third kappa shape index (κ3) is 4.43. The number of allylic oxidation sites excluding steroid dienone is 2. The predicted octanol–water partition coefficient (Wildman–Crippen LogP) is 4.34. The monoisotopic (exact) mass is 316 g/mol. The van der Waals surface area contributed by atoms with Gasteiger partial charge in [0.1, 0.15) is 0 Å². The van der Waals surface area contributed by atoms with Gasteiger partial charge in [0.15, 0.2) is 0 Å². The highest BCUT2D eigenvalue weighted by atomic mass is 79.9. The van der Waals surface area contributed by atoms with E-state index in [1.165, 1.54) is 11.1 Å². The van der Waals surface area contributed by atoms with Crippen molar-refractivity contribution in [3.05, 3.63) is 47.5 Å². The van der Waals surface area contributed by atoms with Crippen molar-refractivity contribution in [2.75, 3.05) is 10.7 Å². The van der Waals surface area contributed by atoms with Crippen molar-refractivity contribution in [3.63, 3.8) is 0 Å². The second-order valence-electron chi connectivity index (χ2n) is 3.14. The standard InChI is InChI=1S/C12H14Br2/c13-9-8-12(10-14)7-6-11-4-2-1-3-5-11/h1-5,8H,6-7,9-10H2/b12-8-. The predicted molar refractivity (Wildman–Crippen MR) is 70.4 cm³/mol. The van der Waals surface area contributed by atoms with Gasteiger partial charge in [-0.2, -0.15) is 0 Å². The third-order valence-corrected chi connectivity index (χ3v) is 3.16. The van der Waals surface area contributed by atoms with E-state index < -0.39 is 0 Å². The minimum atomic E-state index is 0.947. The Morgan fingerprint density at radius 3 is 2.43 bits per heavy atom. The van der Waals surface area contributed by atoms with Gasteiger partial charge in [-0.3, -0.25) is 0 Å². The SMILES string of the molecule is BrC/C=C(\CBr)CCc1ccccc1. The average molecular weight is 318 g/mol. The first-order chi connectivity index (χ1) is 6.86. The molecule has 0 spiro atoms. The molecule has 76 valence electrons. The first-order valence-corrected chi connectivity index (χ1v) is 6.95. The fraction of sp³-hybridized carbons (Fsp3) is 0.333. The maximum Gasteiger partial charge on any atom is 0.0242 e. The van der Waals surface area contributed by atoms with Crippen molar-refractivity contribution >= 4 is 31.9 Å². The zero-order valence-electron chi connectivity index (χ0n) is 8.05. The molecule has 0 unspecified atom stereocenters. The molecule has 1 aromatic carbocycles. The fourth-order valence-electron chi connectivity index (χ4n) is 1.28. The van der Waals surface area contributed by atoms with Gasteiger partial charge in [-0.1, -0.05) is 73.8 Å². The summed E-state index contributed by atoms with van der Waals surface area (Å²) >= 11 is 6.92. The molecule has 0 nitrogen and oxygen atoms in total. The van der Waals surface area contributed by atoms with Crippen LogP contribution in [0.2, 0.25) is 0 Å². The van der Waals surface area contributed by atoms with Crippen LogP contribution < -0.4 is 0 Å². The lowest BCUT2D eigenvalue weighted by atomic mass is 10.1. The average Bonchev–Trinajstić information content (AvgIpc) is 2.25. The van der Waals surface area contributed by atoms with Crippen LogP contribution in [0.3, 0.4) is 0 Å². The Morgan fingerprint density at radius 1 is 1.14 bits per heavy atom. The van der Waals surface area contributed by atoms with Gasteiger partial charge in [-0.05, 0) is 18.4 Å². The Morgan fingerprint density at radius 2 is 1.86 bits per heavy atom. The smallest absolute Gasteiger partial charge is 0.0242 e. The van der Waals surface area contributed by atoms with E-state index in [1.807, 2.05) is 0 Å². The zero-order chi connectivity index (χ0) is 10.2. The van der Waals surface area contributed by atoms with E-state index in [0.717, 1.165) is 23.5 Å². The highest BCUT2D eigenvalue weighted by Gasteiger charge is 1.96. The lowest BCUT2D eigenvalue weighted by Crippen LogP contribution is -1.90.